The molecular weight excluding hydrogens is 294 g/mol. The van der Waals surface area contributed by atoms with Gasteiger partial charge in [0.15, 0.2) is 0 Å². The summed E-state index contributed by atoms with van der Waals surface area (Å²) in [5.41, 5.74) is 8.31. The van der Waals surface area contributed by atoms with Crippen LogP contribution >= 0.6 is 23.4 Å². The van der Waals surface area contributed by atoms with Crippen LogP contribution in [0.2, 0.25) is 5.02 Å². The van der Waals surface area contributed by atoms with Crippen molar-refractivity contribution in [1.82, 2.24) is 20.2 Å². The summed E-state index contributed by atoms with van der Waals surface area (Å²) in [6.07, 6.45) is 0. The fourth-order valence-electron chi connectivity index (χ4n) is 1.97. The number of aryl methyl sites for hydroxylation is 1. The van der Waals surface area contributed by atoms with Gasteiger partial charge in [0.1, 0.15) is 0 Å². The second-order valence-corrected chi connectivity index (χ2v) is 5.63. The average molecular weight is 306 g/mol. The Morgan fingerprint density at radius 3 is 2.85 bits per heavy atom. The first kappa shape index (κ1) is 13.2. The normalized spacial score (nSPS) is 11.1. The molecule has 0 aliphatic carbocycles. The minimum atomic E-state index is 0.307. The van der Waals surface area contributed by atoms with Gasteiger partial charge in [-0.1, -0.05) is 41.6 Å². The van der Waals surface area contributed by atoms with E-state index < -0.39 is 0 Å². The molecule has 2 aromatic heterocycles. The summed E-state index contributed by atoms with van der Waals surface area (Å²) in [7, 11) is 0. The summed E-state index contributed by atoms with van der Waals surface area (Å²) in [5.74, 6) is 0.906. The maximum absolute atomic E-state index is 6.39. The zero-order valence-electron chi connectivity index (χ0n) is 10.7. The molecule has 0 spiro atoms. The van der Waals surface area contributed by atoms with Gasteiger partial charge >= 0.3 is 0 Å². The van der Waals surface area contributed by atoms with Crippen LogP contribution in [-0.4, -0.2) is 20.2 Å². The fourth-order valence-corrected chi connectivity index (χ4v) is 3.01. The number of pyridine rings is 1. The third-order valence-corrected chi connectivity index (χ3v) is 4.33. The van der Waals surface area contributed by atoms with Gasteiger partial charge in [-0.25, -0.2) is 5.10 Å². The Morgan fingerprint density at radius 1 is 1.30 bits per heavy atom. The molecule has 0 atom stereocenters. The van der Waals surface area contributed by atoms with Crippen LogP contribution in [0.1, 0.15) is 11.3 Å². The lowest BCUT2D eigenvalue weighted by Gasteiger charge is -2.08. The van der Waals surface area contributed by atoms with Gasteiger partial charge in [-0.2, -0.15) is 4.98 Å². The number of nitrogens with two attached hydrogens (primary N) is 1. The maximum Gasteiger partial charge on any atom is 0.216 e. The van der Waals surface area contributed by atoms with Crippen molar-refractivity contribution in [2.45, 2.75) is 17.8 Å². The number of aromatic amines is 1. The number of thioether (sulfide) groups is 1. The number of fused-ring (bicyclic) bond motifs is 1. The molecule has 0 amide bonds. The van der Waals surface area contributed by atoms with E-state index in [1.165, 1.54) is 11.8 Å². The molecule has 2 heterocycles. The lowest BCUT2D eigenvalue weighted by Crippen LogP contribution is -1.94. The number of nitrogens with zero attached hydrogens (tertiary/aromatic N) is 3. The van der Waals surface area contributed by atoms with Crippen LogP contribution in [0.5, 0.6) is 0 Å². The predicted molar refractivity (Wildman–Crippen MR) is 81.8 cm³/mol. The molecule has 3 N–H and O–H groups in total. The van der Waals surface area contributed by atoms with E-state index >= 15 is 0 Å². The predicted octanol–water partition coefficient (Wildman–Crippen LogP) is 3.19. The maximum atomic E-state index is 6.39. The molecule has 0 bridgehead atoms. The Morgan fingerprint density at radius 2 is 2.10 bits per heavy atom. The number of para-hydroxylation sites is 1. The van der Waals surface area contributed by atoms with Crippen molar-refractivity contribution in [3.05, 3.63) is 40.5 Å². The molecule has 20 heavy (non-hydrogen) atoms. The molecular formula is C13H12ClN5S. The second kappa shape index (κ2) is 5.30. The van der Waals surface area contributed by atoms with Gasteiger partial charge in [-0.15, -0.1) is 5.10 Å². The van der Waals surface area contributed by atoms with Crippen LogP contribution in [0.3, 0.4) is 0 Å². The molecule has 3 rings (SSSR count). The van der Waals surface area contributed by atoms with E-state index in [2.05, 4.69) is 20.2 Å². The number of halogens is 1. The Balaban J connectivity index is 1.93. The van der Waals surface area contributed by atoms with Crippen LogP contribution in [0, 0.1) is 6.92 Å². The molecule has 1 aromatic carbocycles. The summed E-state index contributed by atoms with van der Waals surface area (Å²) in [6.45, 7) is 2.01. The van der Waals surface area contributed by atoms with E-state index in [0.29, 0.717) is 21.9 Å². The quantitative estimate of drug-likeness (QED) is 0.726. The number of anilines is 1. The summed E-state index contributed by atoms with van der Waals surface area (Å²) in [5, 5.41) is 8.94. The number of rotatable bonds is 3. The van der Waals surface area contributed by atoms with Crippen LogP contribution in [-0.2, 0) is 5.75 Å². The highest BCUT2D eigenvalue weighted by atomic mass is 35.5. The van der Waals surface area contributed by atoms with E-state index in [9.17, 15) is 0 Å². The van der Waals surface area contributed by atoms with Crippen molar-refractivity contribution in [2.75, 3.05) is 5.73 Å². The van der Waals surface area contributed by atoms with Gasteiger partial charge in [0, 0.05) is 11.1 Å². The Bertz CT molecular complexity index is 771. The summed E-state index contributed by atoms with van der Waals surface area (Å²) in [4.78, 5) is 8.65. The molecule has 7 heteroatoms. The summed E-state index contributed by atoms with van der Waals surface area (Å²) in [6, 6.07) is 7.96. The Kier molecular flexibility index (Phi) is 3.50. The summed E-state index contributed by atoms with van der Waals surface area (Å²) >= 11 is 7.84. The van der Waals surface area contributed by atoms with Gasteiger partial charge in [0.05, 0.1) is 16.2 Å². The first-order valence-electron chi connectivity index (χ1n) is 5.99. The molecule has 102 valence electrons. The largest absolute Gasteiger partial charge is 0.368 e. The SMILES string of the molecule is Cc1c(Cl)c(CSc2n[nH]c(N)n2)nc2ccccc12. The van der Waals surface area contributed by atoms with Gasteiger partial charge < -0.3 is 5.73 Å². The van der Waals surface area contributed by atoms with E-state index in [1.54, 1.807) is 0 Å². The van der Waals surface area contributed by atoms with Crippen LogP contribution in [0.4, 0.5) is 5.95 Å². The molecule has 0 fully saturated rings. The molecule has 0 radical (unpaired) electrons. The first-order valence-corrected chi connectivity index (χ1v) is 7.36. The van der Waals surface area contributed by atoms with Crippen molar-refractivity contribution < 1.29 is 0 Å². The van der Waals surface area contributed by atoms with Gasteiger partial charge in [-0.05, 0) is 18.6 Å². The van der Waals surface area contributed by atoms with Crippen molar-refractivity contribution in [3.63, 3.8) is 0 Å². The number of hydrogen-bond acceptors (Lipinski definition) is 5. The van der Waals surface area contributed by atoms with Crippen LogP contribution in [0.25, 0.3) is 10.9 Å². The second-order valence-electron chi connectivity index (χ2n) is 4.31. The highest BCUT2D eigenvalue weighted by Gasteiger charge is 2.11. The van der Waals surface area contributed by atoms with Gasteiger partial charge in [0.2, 0.25) is 11.1 Å². The minimum Gasteiger partial charge on any atom is -0.368 e. The molecule has 3 aromatic rings. The Labute approximate surface area is 125 Å². The highest BCUT2D eigenvalue weighted by Crippen LogP contribution is 2.30. The minimum absolute atomic E-state index is 0.307. The molecule has 5 nitrogen and oxygen atoms in total. The van der Waals surface area contributed by atoms with E-state index in [4.69, 9.17) is 17.3 Å². The van der Waals surface area contributed by atoms with Crippen molar-refractivity contribution in [1.29, 1.82) is 0 Å². The monoisotopic (exact) mass is 305 g/mol. The number of aromatic nitrogens is 4. The van der Waals surface area contributed by atoms with Crippen molar-refractivity contribution in [3.8, 4) is 0 Å². The summed E-state index contributed by atoms with van der Waals surface area (Å²) < 4.78 is 0. The zero-order valence-corrected chi connectivity index (χ0v) is 12.3. The number of H-pyrrole nitrogens is 1. The molecule has 0 aliphatic heterocycles. The molecule has 0 saturated heterocycles. The third-order valence-electron chi connectivity index (χ3n) is 2.97. The van der Waals surface area contributed by atoms with Crippen LogP contribution < -0.4 is 5.73 Å². The average Bonchev–Trinajstić information content (AvgIpc) is 2.87. The lowest BCUT2D eigenvalue weighted by atomic mass is 10.1. The van der Waals surface area contributed by atoms with E-state index in [-0.39, 0.29) is 0 Å². The van der Waals surface area contributed by atoms with E-state index in [0.717, 1.165) is 22.2 Å². The topological polar surface area (TPSA) is 80.5 Å². The molecule has 0 saturated carbocycles. The molecule has 0 unspecified atom stereocenters. The number of nitrogens with one attached hydrogen (secondary N) is 1. The van der Waals surface area contributed by atoms with E-state index in [1.807, 2.05) is 31.2 Å². The highest BCUT2D eigenvalue weighted by molar-refractivity contribution is 7.98. The van der Waals surface area contributed by atoms with Crippen LogP contribution in [0.15, 0.2) is 29.4 Å². The fraction of sp³-hybridized carbons (Fsp3) is 0.154. The third kappa shape index (κ3) is 2.44. The lowest BCUT2D eigenvalue weighted by molar-refractivity contribution is 0.972. The standard InChI is InChI=1S/C13H12ClN5S/c1-7-8-4-2-3-5-9(8)16-10(11(7)14)6-20-13-17-12(15)18-19-13/h2-5H,6H2,1H3,(H3,15,17,18,19). The smallest absolute Gasteiger partial charge is 0.216 e. The molecule has 0 aliphatic rings. The Hall–Kier alpha value is -1.79. The zero-order chi connectivity index (χ0) is 14.1. The van der Waals surface area contributed by atoms with Crippen molar-refractivity contribution in [2.24, 2.45) is 0 Å². The van der Waals surface area contributed by atoms with Gasteiger partial charge in [-0.3, -0.25) is 4.98 Å². The number of benzene rings is 1. The number of nitrogen functional groups attached to an aromatic ring is 1. The first-order chi connectivity index (χ1) is 9.65. The van der Waals surface area contributed by atoms with Crippen molar-refractivity contribution >= 4 is 40.2 Å². The number of hydrogen-bond donors (Lipinski definition) is 2. The van der Waals surface area contributed by atoms with Gasteiger partial charge in [0.25, 0.3) is 0 Å².